The van der Waals surface area contributed by atoms with Gasteiger partial charge in [-0.3, -0.25) is 0 Å². The Morgan fingerprint density at radius 3 is 2.73 bits per heavy atom. The molecule has 1 aromatic rings. The van der Waals surface area contributed by atoms with Crippen molar-refractivity contribution in [3.8, 4) is 5.75 Å². The van der Waals surface area contributed by atoms with E-state index < -0.39 is 0 Å². The topological polar surface area (TPSA) is 32.3 Å². The van der Waals surface area contributed by atoms with Gasteiger partial charge in [0.1, 0.15) is 5.75 Å². The highest BCUT2D eigenvalue weighted by Gasteiger charge is 2.17. The van der Waals surface area contributed by atoms with Gasteiger partial charge in [-0.2, -0.15) is 0 Å². The third-order valence-electron chi connectivity index (χ3n) is 3.00. The van der Waals surface area contributed by atoms with Crippen LogP contribution in [0.25, 0.3) is 0 Å². The van der Waals surface area contributed by atoms with Crippen molar-refractivity contribution in [3.63, 3.8) is 0 Å². The highest BCUT2D eigenvalue weighted by Crippen LogP contribution is 2.34. The number of hydrogen-bond donors (Lipinski definition) is 2. The van der Waals surface area contributed by atoms with Crippen LogP contribution in [0.15, 0.2) is 23.1 Å². The molecule has 0 amide bonds. The van der Waals surface area contributed by atoms with Crippen molar-refractivity contribution in [2.24, 2.45) is 0 Å². The number of benzene rings is 1. The molecule has 1 heterocycles. The van der Waals surface area contributed by atoms with Crippen molar-refractivity contribution in [3.05, 3.63) is 23.8 Å². The van der Waals surface area contributed by atoms with Crippen molar-refractivity contribution >= 4 is 11.8 Å². The Balaban J connectivity index is 2.25. The molecule has 0 spiro atoms. The van der Waals surface area contributed by atoms with E-state index in [1.165, 1.54) is 23.3 Å². The van der Waals surface area contributed by atoms with Crippen molar-refractivity contribution < 1.29 is 5.11 Å². The molecule has 0 radical (unpaired) electrons. The first-order valence-electron chi connectivity index (χ1n) is 5.39. The zero-order chi connectivity index (χ0) is 10.7. The Hall–Kier alpha value is -0.670. The summed E-state index contributed by atoms with van der Waals surface area (Å²) in [5, 5.41) is 12.8. The predicted molar refractivity (Wildman–Crippen MR) is 64.7 cm³/mol. The first kappa shape index (κ1) is 10.8. The SMILES string of the molecule is CSc1cc(O)ccc1C1CCNCC1. The number of piperidine rings is 1. The van der Waals surface area contributed by atoms with Crippen molar-refractivity contribution in [2.75, 3.05) is 19.3 Å². The van der Waals surface area contributed by atoms with Gasteiger partial charge >= 0.3 is 0 Å². The molecule has 2 N–H and O–H groups in total. The zero-order valence-electron chi connectivity index (χ0n) is 8.99. The van der Waals surface area contributed by atoms with Crippen LogP contribution in [0.1, 0.15) is 24.3 Å². The number of aromatic hydroxyl groups is 1. The molecule has 0 saturated carbocycles. The second-order valence-electron chi connectivity index (χ2n) is 3.95. The van der Waals surface area contributed by atoms with E-state index >= 15 is 0 Å². The lowest BCUT2D eigenvalue weighted by molar-refractivity contribution is 0.451. The summed E-state index contributed by atoms with van der Waals surface area (Å²) in [7, 11) is 0. The van der Waals surface area contributed by atoms with E-state index in [1.54, 1.807) is 17.8 Å². The molecule has 0 aliphatic carbocycles. The average Bonchev–Trinajstić information content (AvgIpc) is 2.30. The average molecular weight is 223 g/mol. The van der Waals surface area contributed by atoms with Gasteiger partial charge in [0.2, 0.25) is 0 Å². The van der Waals surface area contributed by atoms with Crippen LogP contribution in [0.2, 0.25) is 0 Å². The van der Waals surface area contributed by atoms with E-state index in [0.717, 1.165) is 13.1 Å². The van der Waals surface area contributed by atoms with Gasteiger partial charge in [-0.05, 0) is 55.8 Å². The monoisotopic (exact) mass is 223 g/mol. The predicted octanol–water partition coefficient (Wildman–Crippen LogP) is 2.58. The highest BCUT2D eigenvalue weighted by atomic mass is 32.2. The molecule has 15 heavy (non-hydrogen) atoms. The standard InChI is InChI=1S/C12H17NOS/c1-15-12-8-10(14)2-3-11(12)9-4-6-13-7-5-9/h2-3,8-9,13-14H,4-7H2,1H3. The molecule has 1 aliphatic heterocycles. The van der Waals surface area contributed by atoms with Gasteiger partial charge in [-0.25, -0.2) is 0 Å². The van der Waals surface area contributed by atoms with Crippen LogP contribution in [-0.4, -0.2) is 24.5 Å². The maximum absolute atomic E-state index is 9.44. The summed E-state index contributed by atoms with van der Waals surface area (Å²) in [6.07, 6.45) is 4.48. The van der Waals surface area contributed by atoms with E-state index in [4.69, 9.17) is 0 Å². The van der Waals surface area contributed by atoms with Crippen LogP contribution in [0.3, 0.4) is 0 Å². The van der Waals surface area contributed by atoms with E-state index in [9.17, 15) is 5.11 Å². The minimum Gasteiger partial charge on any atom is -0.508 e. The minimum absolute atomic E-state index is 0.372. The van der Waals surface area contributed by atoms with Gasteiger partial charge < -0.3 is 10.4 Å². The second kappa shape index (κ2) is 4.90. The Kier molecular flexibility index (Phi) is 3.54. The lowest BCUT2D eigenvalue weighted by Crippen LogP contribution is -2.26. The normalized spacial score (nSPS) is 17.9. The third-order valence-corrected chi connectivity index (χ3v) is 3.79. The number of rotatable bonds is 2. The molecule has 3 heteroatoms. The third kappa shape index (κ3) is 2.47. The van der Waals surface area contributed by atoms with Gasteiger partial charge in [-0.1, -0.05) is 6.07 Å². The van der Waals surface area contributed by atoms with Gasteiger partial charge in [0.05, 0.1) is 0 Å². The molecule has 0 atom stereocenters. The van der Waals surface area contributed by atoms with E-state index in [2.05, 4.69) is 17.6 Å². The number of phenols is 1. The lowest BCUT2D eigenvalue weighted by atomic mass is 9.90. The molecule has 0 aromatic heterocycles. The van der Waals surface area contributed by atoms with E-state index in [0.29, 0.717) is 11.7 Å². The van der Waals surface area contributed by atoms with E-state index in [1.807, 2.05) is 6.07 Å². The second-order valence-corrected chi connectivity index (χ2v) is 4.80. The fourth-order valence-corrected chi connectivity index (χ4v) is 2.88. The van der Waals surface area contributed by atoms with Crippen molar-refractivity contribution in [1.29, 1.82) is 0 Å². The summed E-state index contributed by atoms with van der Waals surface area (Å²) in [5.41, 5.74) is 1.40. The summed E-state index contributed by atoms with van der Waals surface area (Å²) in [5.74, 6) is 1.03. The van der Waals surface area contributed by atoms with Gasteiger partial charge in [0, 0.05) is 4.90 Å². The Bertz CT molecular complexity index is 334. The minimum atomic E-state index is 0.372. The fourth-order valence-electron chi connectivity index (χ4n) is 2.17. The highest BCUT2D eigenvalue weighted by molar-refractivity contribution is 7.98. The lowest BCUT2D eigenvalue weighted by Gasteiger charge is -2.24. The maximum Gasteiger partial charge on any atom is 0.116 e. The van der Waals surface area contributed by atoms with Crippen LogP contribution >= 0.6 is 11.8 Å². The molecule has 1 saturated heterocycles. The molecule has 2 nitrogen and oxygen atoms in total. The largest absolute Gasteiger partial charge is 0.508 e. The molecule has 1 aliphatic rings. The van der Waals surface area contributed by atoms with Crippen LogP contribution in [0.4, 0.5) is 0 Å². The quantitative estimate of drug-likeness (QED) is 0.756. The Morgan fingerprint density at radius 1 is 1.33 bits per heavy atom. The first-order chi connectivity index (χ1) is 7.31. The summed E-state index contributed by atoms with van der Waals surface area (Å²) in [6, 6.07) is 5.76. The summed E-state index contributed by atoms with van der Waals surface area (Å²) < 4.78 is 0. The number of phenolic OH excluding ortho intramolecular Hbond substituents is 1. The number of hydrogen-bond acceptors (Lipinski definition) is 3. The van der Waals surface area contributed by atoms with Crippen molar-refractivity contribution in [1.82, 2.24) is 5.32 Å². The molecule has 2 rings (SSSR count). The molecule has 0 bridgehead atoms. The Labute approximate surface area is 95.1 Å². The fraction of sp³-hybridized carbons (Fsp3) is 0.500. The maximum atomic E-state index is 9.44. The molecule has 1 aromatic carbocycles. The molecule has 0 unspecified atom stereocenters. The smallest absolute Gasteiger partial charge is 0.116 e. The van der Waals surface area contributed by atoms with Gasteiger partial charge in [0.25, 0.3) is 0 Å². The summed E-state index contributed by atoms with van der Waals surface area (Å²) in [4.78, 5) is 1.22. The molecular weight excluding hydrogens is 206 g/mol. The van der Waals surface area contributed by atoms with Crippen molar-refractivity contribution in [2.45, 2.75) is 23.7 Å². The van der Waals surface area contributed by atoms with E-state index in [-0.39, 0.29) is 0 Å². The van der Waals surface area contributed by atoms with Crippen LogP contribution in [0, 0.1) is 0 Å². The summed E-state index contributed by atoms with van der Waals surface area (Å²) in [6.45, 7) is 2.22. The summed E-state index contributed by atoms with van der Waals surface area (Å²) >= 11 is 1.72. The molecule has 82 valence electrons. The molecular formula is C12H17NOS. The van der Waals surface area contributed by atoms with Crippen LogP contribution < -0.4 is 5.32 Å². The number of thioether (sulfide) groups is 1. The van der Waals surface area contributed by atoms with Crippen LogP contribution in [0.5, 0.6) is 5.75 Å². The van der Waals surface area contributed by atoms with Gasteiger partial charge in [0.15, 0.2) is 0 Å². The number of nitrogens with one attached hydrogen (secondary N) is 1. The van der Waals surface area contributed by atoms with Gasteiger partial charge in [-0.15, -0.1) is 11.8 Å². The van der Waals surface area contributed by atoms with Crippen LogP contribution in [-0.2, 0) is 0 Å². The zero-order valence-corrected chi connectivity index (χ0v) is 9.81. The molecule has 1 fully saturated rings. The Morgan fingerprint density at radius 2 is 2.07 bits per heavy atom. The first-order valence-corrected chi connectivity index (χ1v) is 6.61.